The average molecular weight is 234 g/mol. The molecule has 2 N–H and O–H groups in total. The zero-order valence-electron chi connectivity index (χ0n) is 10.2. The first-order chi connectivity index (χ1) is 7.92. The summed E-state index contributed by atoms with van der Waals surface area (Å²) in [6.45, 7) is 4.42. The fourth-order valence-electron chi connectivity index (χ4n) is 2.50. The van der Waals surface area contributed by atoms with Crippen molar-refractivity contribution in [2.24, 2.45) is 17.6 Å². The molecular weight excluding hydrogens is 216 g/mol. The maximum absolute atomic E-state index is 10.6. The minimum absolute atomic E-state index is 0.122. The summed E-state index contributed by atoms with van der Waals surface area (Å²) in [6, 6.07) is 6.64. The van der Waals surface area contributed by atoms with E-state index in [4.69, 9.17) is 5.73 Å². The third-order valence-electron chi connectivity index (χ3n) is 3.85. The monoisotopic (exact) mass is 234 g/mol. The van der Waals surface area contributed by atoms with Crippen molar-refractivity contribution in [3.63, 3.8) is 0 Å². The number of nitrogens with two attached hydrogens (primary N) is 1. The molecule has 0 atom stereocenters. The van der Waals surface area contributed by atoms with E-state index in [0.29, 0.717) is 11.8 Å². The molecule has 4 heteroatoms. The summed E-state index contributed by atoms with van der Waals surface area (Å²) < 4.78 is 0. The van der Waals surface area contributed by atoms with Crippen molar-refractivity contribution in [2.75, 3.05) is 0 Å². The minimum atomic E-state index is -0.384. The van der Waals surface area contributed by atoms with E-state index in [-0.39, 0.29) is 16.1 Å². The van der Waals surface area contributed by atoms with E-state index in [1.54, 1.807) is 12.1 Å². The molecule has 0 aliphatic heterocycles. The van der Waals surface area contributed by atoms with Gasteiger partial charge in [-0.15, -0.1) is 0 Å². The minimum Gasteiger partial charge on any atom is -0.321 e. The summed E-state index contributed by atoms with van der Waals surface area (Å²) >= 11 is 0. The maximum atomic E-state index is 10.6. The number of hydrogen-bond acceptors (Lipinski definition) is 3. The summed E-state index contributed by atoms with van der Waals surface area (Å²) in [4.78, 5) is 10.2. The van der Waals surface area contributed by atoms with Crippen LogP contribution in [-0.4, -0.2) is 4.92 Å². The first-order valence-electron chi connectivity index (χ1n) is 5.96. The van der Waals surface area contributed by atoms with Crippen LogP contribution in [0.1, 0.15) is 32.3 Å². The lowest BCUT2D eigenvalue weighted by atomic mass is 9.62. The number of rotatable bonds is 3. The Hall–Kier alpha value is -1.42. The largest absolute Gasteiger partial charge is 0.321 e. The van der Waals surface area contributed by atoms with Crippen molar-refractivity contribution >= 4 is 5.69 Å². The van der Waals surface area contributed by atoms with Gasteiger partial charge in [-0.05, 0) is 30.2 Å². The van der Waals surface area contributed by atoms with Gasteiger partial charge in [0.2, 0.25) is 0 Å². The van der Waals surface area contributed by atoms with Crippen LogP contribution in [0.2, 0.25) is 0 Å². The van der Waals surface area contributed by atoms with Crippen molar-refractivity contribution in [2.45, 2.75) is 32.2 Å². The second kappa shape index (κ2) is 4.11. The molecule has 1 aliphatic carbocycles. The first kappa shape index (κ1) is 12.0. The molecule has 0 radical (unpaired) electrons. The zero-order valence-corrected chi connectivity index (χ0v) is 10.2. The summed E-state index contributed by atoms with van der Waals surface area (Å²) in [5, 5.41) is 10.6. The van der Waals surface area contributed by atoms with E-state index in [1.165, 1.54) is 12.1 Å². The standard InChI is InChI=1S/C13H18N2O2/c1-9(2)10-7-13(14,8-10)11-3-5-12(6-4-11)15(16)17/h3-6,9-10H,7-8,14H2,1-2H3. The smallest absolute Gasteiger partial charge is 0.269 e. The van der Waals surface area contributed by atoms with E-state index in [1.807, 2.05) is 0 Å². The Morgan fingerprint density at radius 3 is 2.29 bits per heavy atom. The van der Waals surface area contributed by atoms with Gasteiger partial charge in [-0.1, -0.05) is 26.0 Å². The molecule has 0 heterocycles. The third kappa shape index (κ3) is 2.17. The van der Waals surface area contributed by atoms with Gasteiger partial charge in [0, 0.05) is 17.7 Å². The fraction of sp³-hybridized carbons (Fsp3) is 0.538. The highest BCUT2D eigenvalue weighted by molar-refractivity contribution is 5.37. The van der Waals surface area contributed by atoms with Gasteiger partial charge in [-0.2, -0.15) is 0 Å². The summed E-state index contributed by atoms with van der Waals surface area (Å²) in [6.07, 6.45) is 1.95. The molecule has 0 saturated heterocycles. The molecule has 0 bridgehead atoms. The Morgan fingerprint density at radius 2 is 1.88 bits per heavy atom. The lowest BCUT2D eigenvalue weighted by Gasteiger charge is -2.47. The Balaban J connectivity index is 2.11. The second-order valence-corrected chi connectivity index (χ2v) is 5.37. The van der Waals surface area contributed by atoms with Crippen LogP contribution in [0.15, 0.2) is 24.3 Å². The first-order valence-corrected chi connectivity index (χ1v) is 5.96. The van der Waals surface area contributed by atoms with Gasteiger partial charge in [0.1, 0.15) is 0 Å². The van der Waals surface area contributed by atoms with Crippen LogP contribution >= 0.6 is 0 Å². The van der Waals surface area contributed by atoms with Crippen LogP contribution in [0.25, 0.3) is 0 Å². The number of nitro groups is 1. The van der Waals surface area contributed by atoms with E-state index in [9.17, 15) is 10.1 Å². The van der Waals surface area contributed by atoms with Gasteiger partial charge in [0.15, 0.2) is 0 Å². The van der Waals surface area contributed by atoms with Crippen molar-refractivity contribution in [1.29, 1.82) is 0 Å². The molecule has 1 aromatic rings. The number of non-ortho nitro benzene ring substituents is 1. The summed E-state index contributed by atoms with van der Waals surface area (Å²) in [5.41, 5.74) is 7.17. The molecule has 0 unspecified atom stereocenters. The Kier molecular flexibility index (Phi) is 2.91. The van der Waals surface area contributed by atoms with Crippen LogP contribution in [0, 0.1) is 22.0 Å². The van der Waals surface area contributed by atoms with Gasteiger partial charge in [-0.3, -0.25) is 10.1 Å². The average Bonchev–Trinajstić information content (AvgIpc) is 2.24. The molecule has 1 aliphatic rings. The highest BCUT2D eigenvalue weighted by Gasteiger charge is 2.43. The van der Waals surface area contributed by atoms with Crippen molar-refractivity contribution in [3.8, 4) is 0 Å². The fourth-order valence-corrected chi connectivity index (χ4v) is 2.50. The SMILES string of the molecule is CC(C)C1CC(N)(c2ccc([N+](=O)[O-])cc2)C1. The van der Waals surface area contributed by atoms with Crippen LogP contribution < -0.4 is 5.73 Å². The number of hydrogen-bond donors (Lipinski definition) is 1. The van der Waals surface area contributed by atoms with E-state index < -0.39 is 0 Å². The zero-order chi connectivity index (χ0) is 12.6. The van der Waals surface area contributed by atoms with E-state index >= 15 is 0 Å². The Labute approximate surface area is 101 Å². The van der Waals surface area contributed by atoms with Gasteiger partial charge in [0.25, 0.3) is 5.69 Å². The third-order valence-corrected chi connectivity index (χ3v) is 3.85. The number of nitro benzene ring substituents is 1. The van der Waals surface area contributed by atoms with Crippen molar-refractivity contribution in [1.82, 2.24) is 0 Å². The maximum Gasteiger partial charge on any atom is 0.269 e. The second-order valence-electron chi connectivity index (χ2n) is 5.37. The van der Waals surface area contributed by atoms with E-state index in [0.717, 1.165) is 18.4 Å². The lowest BCUT2D eigenvalue weighted by molar-refractivity contribution is -0.384. The van der Waals surface area contributed by atoms with Gasteiger partial charge >= 0.3 is 0 Å². The molecular formula is C13H18N2O2. The van der Waals surface area contributed by atoms with Crippen LogP contribution in [0.4, 0.5) is 5.69 Å². The predicted molar refractivity (Wildman–Crippen MR) is 66.5 cm³/mol. The Morgan fingerprint density at radius 1 is 1.35 bits per heavy atom. The molecule has 0 amide bonds. The lowest BCUT2D eigenvalue weighted by Crippen LogP contribution is -2.50. The molecule has 17 heavy (non-hydrogen) atoms. The molecule has 1 aromatic carbocycles. The molecule has 1 fully saturated rings. The van der Waals surface area contributed by atoms with Gasteiger partial charge in [-0.25, -0.2) is 0 Å². The molecule has 0 aromatic heterocycles. The van der Waals surface area contributed by atoms with Gasteiger partial charge < -0.3 is 5.73 Å². The normalized spacial score (nSPS) is 27.9. The quantitative estimate of drug-likeness (QED) is 0.645. The number of nitrogens with zero attached hydrogens (tertiary/aromatic N) is 1. The van der Waals surface area contributed by atoms with Crippen LogP contribution in [0.5, 0.6) is 0 Å². The predicted octanol–water partition coefficient (Wildman–Crippen LogP) is 2.81. The van der Waals surface area contributed by atoms with Crippen LogP contribution in [-0.2, 0) is 5.54 Å². The van der Waals surface area contributed by atoms with Gasteiger partial charge in [0.05, 0.1) is 4.92 Å². The molecule has 1 saturated carbocycles. The molecule has 2 rings (SSSR count). The molecule has 4 nitrogen and oxygen atoms in total. The highest BCUT2D eigenvalue weighted by Crippen LogP contribution is 2.46. The molecule has 0 spiro atoms. The molecule has 92 valence electrons. The summed E-state index contributed by atoms with van der Waals surface area (Å²) in [7, 11) is 0. The number of benzene rings is 1. The van der Waals surface area contributed by atoms with Crippen molar-refractivity contribution in [3.05, 3.63) is 39.9 Å². The van der Waals surface area contributed by atoms with E-state index in [2.05, 4.69) is 13.8 Å². The summed E-state index contributed by atoms with van der Waals surface area (Å²) in [5.74, 6) is 1.33. The highest BCUT2D eigenvalue weighted by atomic mass is 16.6. The Bertz CT molecular complexity index is 420. The van der Waals surface area contributed by atoms with Crippen molar-refractivity contribution < 1.29 is 4.92 Å². The van der Waals surface area contributed by atoms with Crippen LogP contribution in [0.3, 0.4) is 0 Å². The topological polar surface area (TPSA) is 69.2 Å².